The summed E-state index contributed by atoms with van der Waals surface area (Å²) in [7, 11) is 0. The predicted octanol–water partition coefficient (Wildman–Crippen LogP) is 0.630. The lowest BCUT2D eigenvalue weighted by Gasteiger charge is -2.41. The third kappa shape index (κ3) is 3.91. The van der Waals surface area contributed by atoms with E-state index < -0.39 is 11.6 Å². The van der Waals surface area contributed by atoms with E-state index in [4.69, 9.17) is 5.11 Å². The van der Waals surface area contributed by atoms with Gasteiger partial charge in [-0.3, -0.25) is 9.69 Å². The molecule has 0 aromatic heterocycles. The average Bonchev–Trinajstić information content (AvgIpc) is 2.40. The highest BCUT2D eigenvalue weighted by atomic mass is 16.4. The normalized spacial score (nSPS) is 34.3. The monoisotopic (exact) mass is 270 g/mol. The van der Waals surface area contributed by atoms with Gasteiger partial charge in [-0.15, -0.1) is 0 Å². The number of hydrogen-bond acceptors (Lipinski definition) is 4. The van der Waals surface area contributed by atoms with Crippen LogP contribution in [0.25, 0.3) is 0 Å². The van der Waals surface area contributed by atoms with Gasteiger partial charge in [0.2, 0.25) is 0 Å². The van der Waals surface area contributed by atoms with E-state index in [1.165, 1.54) is 0 Å². The molecule has 5 heteroatoms. The molecule has 0 spiro atoms. The molecule has 1 aliphatic heterocycles. The lowest BCUT2D eigenvalue weighted by atomic mass is 9.78. The summed E-state index contributed by atoms with van der Waals surface area (Å²) in [5.41, 5.74) is -0.666. The van der Waals surface area contributed by atoms with Crippen molar-refractivity contribution in [3.8, 4) is 0 Å². The summed E-state index contributed by atoms with van der Waals surface area (Å²) in [6.07, 6.45) is 2.47. The van der Waals surface area contributed by atoms with E-state index in [0.29, 0.717) is 32.2 Å². The van der Waals surface area contributed by atoms with Crippen LogP contribution in [0, 0.1) is 5.92 Å². The van der Waals surface area contributed by atoms with Gasteiger partial charge in [0.1, 0.15) is 0 Å². The molecule has 19 heavy (non-hydrogen) atoms. The van der Waals surface area contributed by atoms with Gasteiger partial charge in [0, 0.05) is 32.7 Å². The molecule has 1 heterocycles. The molecule has 0 radical (unpaired) electrons. The predicted molar refractivity (Wildman–Crippen MR) is 73.1 cm³/mol. The maximum absolute atomic E-state index is 10.9. The van der Waals surface area contributed by atoms with E-state index in [0.717, 1.165) is 32.7 Å². The number of aliphatic carboxylic acids is 1. The number of β-amino-alcohol motifs (C(OH)–C–C–N with tert-alkyl or cyclic N) is 1. The minimum absolute atomic E-state index is 0.253. The number of carboxylic acids is 1. The van der Waals surface area contributed by atoms with Crippen molar-refractivity contribution in [1.82, 2.24) is 9.80 Å². The van der Waals surface area contributed by atoms with Crippen molar-refractivity contribution in [2.45, 2.75) is 38.2 Å². The van der Waals surface area contributed by atoms with Crippen LogP contribution in [0.3, 0.4) is 0 Å². The molecule has 0 aromatic rings. The summed E-state index contributed by atoms with van der Waals surface area (Å²) in [6.45, 7) is 8.15. The molecule has 0 aromatic carbocycles. The Kier molecular flexibility index (Phi) is 4.81. The van der Waals surface area contributed by atoms with E-state index in [1.807, 2.05) is 0 Å². The number of aliphatic hydroxyl groups is 1. The van der Waals surface area contributed by atoms with Crippen LogP contribution < -0.4 is 0 Å². The SMILES string of the molecule is CCN1CCN(CC2(O)CCC(C(=O)O)CC2)CC1. The first kappa shape index (κ1) is 14.8. The van der Waals surface area contributed by atoms with E-state index >= 15 is 0 Å². The second-order valence-corrected chi connectivity index (χ2v) is 6.05. The first-order valence-electron chi connectivity index (χ1n) is 7.42. The summed E-state index contributed by atoms with van der Waals surface area (Å²) in [6, 6.07) is 0. The molecule has 1 saturated heterocycles. The molecule has 0 unspecified atom stereocenters. The van der Waals surface area contributed by atoms with E-state index in [-0.39, 0.29) is 5.92 Å². The summed E-state index contributed by atoms with van der Waals surface area (Å²) in [4.78, 5) is 15.7. The van der Waals surface area contributed by atoms with Gasteiger partial charge in [-0.2, -0.15) is 0 Å². The Balaban J connectivity index is 1.78. The Bertz CT molecular complexity index is 306. The molecule has 2 fully saturated rings. The Morgan fingerprint density at radius 3 is 2.16 bits per heavy atom. The second-order valence-electron chi connectivity index (χ2n) is 6.05. The van der Waals surface area contributed by atoms with E-state index in [9.17, 15) is 9.90 Å². The number of hydrogen-bond donors (Lipinski definition) is 2. The highest BCUT2D eigenvalue weighted by molar-refractivity contribution is 5.70. The number of carboxylic acid groups (broad SMARTS) is 1. The van der Waals surface area contributed by atoms with Gasteiger partial charge >= 0.3 is 5.97 Å². The number of nitrogens with zero attached hydrogens (tertiary/aromatic N) is 2. The van der Waals surface area contributed by atoms with Crippen molar-refractivity contribution >= 4 is 5.97 Å². The molecule has 2 aliphatic rings. The summed E-state index contributed by atoms with van der Waals surface area (Å²) in [5.74, 6) is -0.962. The molecule has 110 valence electrons. The van der Waals surface area contributed by atoms with Crippen molar-refractivity contribution in [1.29, 1.82) is 0 Å². The molecule has 1 saturated carbocycles. The lowest BCUT2D eigenvalue weighted by molar-refractivity contribution is -0.145. The van der Waals surface area contributed by atoms with Gasteiger partial charge in [-0.05, 0) is 32.2 Å². The zero-order valence-electron chi connectivity index (χ0n) is 11.8. The first-order valence-corrected chi connectivity index (χ1v) is 7.42. The largest absolute Gasteiger partial charge is 0.481 e. The van der Waals surface area contributed by atoms with Crippen LogP contribution in [-0.2, 0) is 4.79 Å². The topological polar surface area (TPSA) is 64.0 Å². The second kappa shape index (κ2) is 6.20. The highest BCUT2D eigenvalue weighted by Gasteiger charge is 2.37. The van der Waals surface area contributed by atoms with Gasteiger partial charge in [0.15, 0.2) is 0 Å². The van der Waals surface area contributed by atoms with E-state index in [1.54, 1.807) is 0 Å². The average molecular weight is 270 g/mol. The third-order valence-corrected chi connectivity index (χ3v) is 4.70. The van der Waals surface area contributed by atoms with Crippen LogP contribution in [0.15, 0.2) is 0 Å². The Labute approximate surface area is 115 Å². The van der Waals surface area contributed by atoms with Crippen molar-refractivity contribution in [2.75, 3.05) is 39.3 Å². The Hall–Kier alpha value is -0.650. The molecular weight excluding hydrogens is 244 g/mol. The number of likely N-dealkylation sites (N-methyl/N-ethyl adjacent to an activating group) is 1. The summed E-state index contributed by atoms with van der Waals surface area (Å²) in [5, 5.41) is 19.6. The minimum atomic E-state index is -0.710. The summed E-state index contributed by atoms with van der Waals surface area (Å²) >= 11 is 0. The smallest absolute Gasteiger partial charge is 0.306 e. The maximum Gasteiger partial charge on any atom is 0.306 e. The van der Waals surface area contributed by atoms with Crippen LogP contribution in [0.2, 0.25) is 0 Å². The fourth-order valence-electron chi connectivity index (χ4n) is 3.24. The summed E-state index contributed by atoms with van der Waals surface area (Å²) < 4.78 is 0. The molecule has 2 N–H and O–H groups in total. The zero-order chi connectivity index (χ0) is 13.9. The Morgan fingerprint density at radius 2 is 1.68 bits per heavy atom. The van der Waals surface area contributed by atoms with Crippen LogP contribution >= 0.6 is 0 Å². The van der Waals surface area contributed by atoms with E-state index in [2.05, 4.69) is 16.7 Å². The highest BCUT2D eigenvalue weighted by Crippen LogP contribution is 2.33. The zero-order valence-corrected chi connectivity index (χ0v) is 11.8. The molecule has 0 amide bonds. The quantitative estimate of drug-likeness (QED) is 0.784. The van der Waals surface area contributed by atoms with Crippen LogP contribution in [0.4, 0.5) is 0 Å². The third-order valence-electron chi connectivity index (χ3n) is 4.70. The van der Waals surface area contributed by atoms with Gasteiger partial charge in [0.05, 0.1) is 11.5 Å². The number of carbonyl (C=O) groups is 1. The maximum atomic E-state index is 10.9. The minimum Gasteiger partial charge on any atom is -0.481 e. The van der Waals surface area contributed by atoms with Crippen molar-refractivity contribution < 1.29 is 15.0 Å². The fourth-order valence-corrected chi connectivity index (χ4v) is 3.24. The standard InChI is InChI=1S/C14H26N2O3/c1-2-15-7-9-16(10-8-15)11-14(19)5-3-12(4-6-14)13(17)18/h12,19H,2-11H2,1H3,(H,17,18). The number of piperazine rings is 1. The Morgan fingerprint density at radius 1 is 1.16 bits per heavy atom. The van der Waals surface area contributed by atoms with Crippen molar-refractivity contribution in [2.24, 2.45) is 5.92 Å². The molecule has 1 aliphatic carbocycles. The fraction of sp³-hybridized carbons (Fsp3) is 0.929. The molecule has 2 rings (SSSR count). The van der Waals surface area contributed by atoms with Crippen molar-refractivity contribution in [3.63, 3.8) is 0 Å². The number of rotatable bonds is 4. The van der Waals surface area contributed by atoms with Crippen LogP contribution in [-0.4, -0.2) is 70.9 Å². The lowest BCUT2D eigenvalue weighted by Crippen LogP contribution is -2.52. The van der Waals surface area contributed by atoms with Crippen LogP contribution in [0.5, 0.6) is 0 Å². The van der Waals surface area contributed by atoms with Gasteiger partial charge in [-0.25, -0.2) is 0 Å². The molecule has 0 atom stereocenters. The molecular formula is C14H26N2O3. The van der Waals surface area contributed by atoms with Crippen molar-refractivity contribution in [3.05, 3.63) is 0 Å². The van der Waals surface area contributed by atoms with Gasteiger partial charge < -0.3 is 15.1 Å². The van der Waals surface area contributed by atoms with Gasteiger partial charge in [0.25, 0.3) is 0 Å². The molecule has 5 nitrogen and oxygen atoms in total. The molecule has 0 bridgehead atoms. The van der Waals surface area contributed by atoms with Gasteiger partial charge in [-0.1, -0.05) is 6.92 Å². The van der Waals surface area contributed by atoms with Crippen LogP contribution in [0.1, 0.15) is 32.6 Å². The first-order chi connectivity index (χ1) is 9.02.